The Balaban J connectivity index is 2.15. The Morgan fingerprint density at radius 3 is 3.08 bits per heavy atom. The fourth-order valence-electron chi connectivity index (χ4n) is 1.35. The molecule has 0 saturated carbocycles. The zero-order chi connectivity index (χ0) is 9.26. The van der Waals surface area contributed by atoms with Gasteiger partial charge >= 0.3 is 0 Å². The van der Waals surface area contributed by atoms with E-state index in [9.17, 15) is 5.11 Å². The topological polar surface area (TPSA) is 51.6 Å². The molecule has 0 aromatic carbocycles. The van der Waals surface area contributed by atoms with Crippen molar-refractivity contribution in [2.45, 2.75) is 12.0 Å². The second-order valence-corrected chi connectivity index (χ2v) is 3.97. The summed E-state index contributed by atoms with van der Waals surface area (Å²) >= 11 is 1.46. The van der Waals surface area contributed by atoms with E-state index in [0.29, 0.717) is 18.4 Å². The third kappa shape index (κ3) is 1.67. The fraction of sp³-hybridized carbons (Fsp3) is 0.625. The van der Waals surface area contributed by atoms with E-state index in [2.05, 4.69) is 4.98 Å². The Bertz CT molecular complexity index is 289. The number of rotatable bonds is 2. The number of methoxy groups -OCH3 is 1. The first-order valence-corrected chi connectivity index (χ1v) is 4.88. The summed E-state index contributed by atoms with van der Waals surface area (Å²) in [7, 11) is 1.59. The SMILES string of the molecule is COc1ncc([C@@H]2COC[C@H]2O)s1. The molecule has 0 radical (unpaired) electrons. The Morgan fingerprint density at radius 2 is 2.54 bits per heavy atom. The summed E-state index contributed by atoms with van der Waals surface area (Å²) in [5.74, 6) is 0.0707. The first-order valence-electron chi connectivity index (χ1n) is 4.07. The van der Waals surface area contributed by atoms with Crippen molar-refractivity contribution >= 4 is 11.3 Å². The van der Waals surface area contributed by atoms with Gasteiger partial charge in [0, 0.05) is 17.0 Å². The van der Waals surface area contributed by atoms with Crippen molar-refractivity contribution in [1.82, 2.24) is 4.98 Å². The zero-order valence-electron chi connectivity index (χ0n) is 7.27. The van der Waals surface area contributed by atoms with Gasteiger partial charge in [-0.25, -0.2) is 4.98 Å². The average Bonchev–Trinajstić information content (AvgIpc) is 2.71. The van der Waals surface area contributed by atoms with Gasteiger partial charge in [-0.3, -0.25) is 0 Å². The molecule has 5 heteroatoms. The Kier molecular flexibility index (Phi) is 2.48. The van der Waals surface area contributed by atoms with Crippen LogP contribution >= 0.6 is 11.3 Å². The van der Waals surface area contributed by atoms with E-state index in [-0.39, 0.29) is 5.92 Å². The normalized spacial score (nSPS) is 27.8. The average molecular weight is 201 g/mol. The van der Waals surface area contributed by atoms with Crippen LogP contribution in [0, 0.1) is 0 Å². The number of ether oxygens (including phenoxy) is 2. The van der Waals surface area contributed by atoms with Crippen LogP contribution in [-0.4, -0.2) is 36.5 Å². The van der Waals surface area contributed by atoms with E-state index in [1.165, 1.54) is 11.3 Å². The van der Waals surface area contributed by atoms with Crippen LogP contribution in [0.25, 0.3) is 0 Å². The molecule has 2 heterocycles. The Hall–Kier alpha value is -0.650. The van der Waals surface area contributed by atoms with E-state index >= 15 is 0 Å². The maximum atomic E-state index is 9.54. The van der Waals surface area contributed by atoms with Crippen molar-refractivity contribution in [3.63, 3.8) is 0 Å². The van der Waals surface area contributed by atoms with Gasteiger partial charge in [-0.15, -0.1) is 0 Å². The summed E-state index contributed by atoms with van der Waals surface area (Å²) < 4.78 is 10.1. The van der Waals surface area contributed by atoms with Gasteiger partial charge in [0.2, 0.25) is 0 Å². The van der Waals surface area contributed by atoms with E-state index in [0.717, 1.165) is 4.88 Å². The van der Waals surface area contributed by atoms with E-state index < -0.39 is 6.10 Å². The highest BCUT2D eigenvalue weighted by Crippen LogP contribution is 2.32. The van der Waals surface area contributed by atoms with Gasteiger partial charge < -0.3 is 14.6 Å². The van der Waals surface area contributed by atoms with Gasteiger partial charge in [0.05, 0.1) is 26.4 Å². The maximum absolute atomic E-state index is 9.54. The van der Waals surface area contributed by atoms with Crippen molar-refractivity contribution in [3.8, 4) is 5.19 Å². The van der Waals surface area contributed by atoms with Gasteiger partial charge in [-0.05, 0) is 0 Å². The minimum Gasteiger partial charge on any atom is -0.473 e. The molecule has 1 aromatic heterocycles. The van der Waals surface area contributed by atoms with Gasteiger partial charge in [-0.2, -0.15) is 0 Å². The van der Waals surface area contributed by atoms with Crippen molar-refractivity contribution < 1.29 is 14.6 Å². The van der Waals surface area contributed by atoms with Crippen LogP contribution in [0.2, 0.25) is 0 Å². The van der Waals surface area contributed by atoms with Gasteiger partial charge in [0.25, 0.3) is 5.19 Å². The number of aliphatic hydroxyl groups excluding tert-OH is 1. The lowest BCUT2D eigenvalue weighted by atomic mass is 10.1. The molecule has 13 heavy (non-hydrogen) atoms. The number of aliphatic hydroxyl groups is 1. The fourth-order valence-corrected chi connectivity index (χ4v) is 2.22. The highest BCUT2D eigenvalue weighted by Gasteiger charge is 2.29. The van der Waals surface area contributed by atoms with Crippen LogP contribution < -0.4 is 4.74 Å². The van der Waals surface area contributed by atoms with Crippen molar-refractivity contribution in [3.05, 3.63) is 11.1 Å². The van der Waals surface area contributed by atoms with Crippen LogP contribution in [-0.2, 0) is 4.74 Å². The van der Waals surface area contributed by atoms with Crippen molar-refractivity contribution in [2.75, 3.05) is 20.3 Å². The summed E-state index contributed by atoms with van der Waals surface area (Å²) in [6.45, 7) is 0.997. The van der Waals surface area contributed by atoms with E-state index in [4.69, 9.17) is 9.47 Å². The van der Waals surface area contributed by atoms with Crippen molar-refractivity contribution in [2.24, 2.45) is 0 Å². The van der Waals surface area contributed by atoms with Gasteiger partial charge in [0.15, 0.2) is 0 Å². The largest absolute Gasteiger partial charge is 0.473 e. The minimum atomic E-state index is -0.398. The Morgan fingerprint density at radius 1 is 1.69 bits per heavy atom. The molecule has 0 aliphatic carbocycles. The predicted octanol–water partition coefficient (Wildman–Crippen LogP) is 0.626. The standard InChI is InChI=1S/C8H11NO3S/c1-11-8-9-2-7(13-8)5-3-12-4-6(5)10/h2,5-6,10H,3-4H2,1H3/t5-,6-/m1/s1. The lowest BCUT2D eigenvalue weighted by molar-refractivity contribution is 0.125. The summed E-state index contributed by atoms with van der Waals surface area (Å²) in [4.78, 5) is 5.07. The molecule has 1 fully saturated rings. The van der Waals surface area contributed by atoms with E-state index in [1.54, 1.807) is 13.3 Å². The highest BCUT2D eigenvalue weighted by molar-refractivity contribution is 7.13. The predicted molar refractivity (Wildman–Crippen MR) is 48.2 cm³/mol. The van der Waals surface area contributed by atoms with Crippen LogP contribution in [0.5, 0.6) is 5.19 Å². The molecule has 1 N–H and O–H groups in total. The molecule has 0 amide bonds. The minimum absolute atomic E-state index is 0.0707. The quantitative estimate of drug-likeness (QED) is 0.762. The third-order valence-electron chi connectivity index (χ3n) is 2.09. The molecule has 0 unspecified atom stereocenters. The summed E-state index contributed by atoms with van der Waals surface area (Å²) in [6.07, 6.45) is 1.34. The molecule has 1 aliphatic rings. The number of thiazole rings is 1. The molecular weight excluding hydrogens is 190 g/mol. The number of nitrogens with zero attached hydrogens (tertiary/aromatic N) is 1. The smallest absolute Gasteiger partial charge is 0.273 e. The molecule has 0 spiro atoms. The molecule has 4 nitrogen and oxygen atoms in total. The number of hydrogen-bond acceptors (Lipinski definition) is 5. The maximum Gasteiger partial charge on any atom is 0.273 e. The number of aromatic nitrogens is 1. The monoisotopic (exact) mass is 201 g/mol. The summed E-state index contributed by atoms with van der Waals surface area (Å²) in [5, 5.41) is 10.2. The summed E-state index contributed by atoms with van der Waals surface area (Å²) in [6, 6.07) is 0. The second-order valence-electron chi connectivity index (χ2n) is 2.94. The summed E-state index contributed by atoms with van der Waals surface area (Å²) in [5.41, 5.74) is 0. The first-order chi connectivity index (χ1) is 6.31. The van der Waals surface area contributed by atoms with Crippen LogP contribution in [0.1, 0.15) is 10.8 Å². The molecule has 0 bridgehead atoms. The third-order valence-corrected chi connectivity index (χ3v) is 3.18. The van der Waals surface area contributed by atoms with Crippen LogP contribution in [0.15, 0.2) is 6.20 Å². The molecule has 2 rings (SSSR count). The van der Waals surface area contributed by atoms with Gasteiger partial charge in [-0.1, -0.05) is 11.3 Å². The van der Waals surface area contributed by atoms with Gasteiger partial charge in [0.1, 0.15) is 0 Å². The van der Waals surface area contributed by atoms with Crippen LogP contribution in [0.4, 0.5) is 0 Å². The van der Waals surface area contributed by atoms with E-state index in [1.807, 2.05) is 0 Å². The highest BCUT2D eigenvalue weighted by atomic mass is 32.1. The lowest BCUT2D eigenvalue weighted by Gasteiger charge is -2.07. The molecule has 72 valence electrons. The second kappa shape index (κ2) is 3.61. The van der Waals surface area contributed by atoms with Crippen LogP contribution in [0.3, 0.4) is 0 Å². The van der Waals surface area contributed by atoms with Crippen molar-refractivity contribution in [1.29, 1.82) is 0 Å². The molecular formula is C8H11NO3S. The molecule has 1 aromatic rings. The number of hydrogen-bond donors (Lipinski definition) is 1. The molecule has 1 saturated heterocycles. The molecule has 2 atom stereocenters. The zero-order valence-corrected chi connectivity index (χ0v) is 8.08. The molecule has 1 aliphatic heterocycles. The first kappa shape index (κ1) is 8.93. The Labute approximate surface area is 80.1 Å². The lowest BCUT2D eigenvalue weighted by Crippen LogP contribution is -2.14.